The van der Waals surface area contributed by atoms with Crippen LogP contribution in [-0.2, 0) is 42.2 Å². The van der Waals surface area contributed by atoms with Gasteiger partial charge in [0.1, 0.15) is 12.7 Å². The second-order valence-corrected chi connectivity index (χ2v) is 21.9. The maximum Gasteiger partial charge on any atom is 0.472 e. The van der Waals surface area contributed by atoms with Crippen molar-refractivity contribution in [3.05, 3.63) is 122 Å². The van der Waals surface area contributed by atoms with E-state index in [9.17, 15) is 28.9 Å². The van der Waals surface area contributed by atoms with Crippen molar-refractivity contribution in [3.8, 4) is 0 Å². The lowest BCUT2D eigenvalue weighted by molar-refractivity contribution is -0.161. The van der Waals surface area contributed by atoms with E-state index in [1.165, 1.54) is 57.8 Å². The third kappa shape index (κ3) is 58.5. The van der Waals surface area contributed by atoms with Crippen molar-refractivity contribution in [2.45, 2.75) is 264 Å². The number of hydrogen-bond acceptors (Lipinski definition) is 10. The van der Waals surface area contributed by atoms with E-state index < -0.39 is 57.8 Å². The largest absolute Gasteiger partial charge is 0.472 e. The zero-order valence-corrected chi connectivity index (χ0v) is 51.4. The summed E-state index contributed by atoms with van der Waals surface area (Å²) < 4.78 is 39.6. The number of rotatable bonds is 57. The number of aliphatic hydroxyl groups excluding tert-OH is 1. The monoisotopic (exact) mass is 1140 g/mol. The van der Waals surface area contributed by atoms with Gasteiger partial charge in [0.05, 0.1) is 19.8 Å². The second kappa shape index (κ2) is 61.0. The third-order valence-electron chi connectivity index (χ3n) is 12.8. The predicted molar refractivity (Wildman–Crippen MR) is 334 cm³/mol. The summed E-state index contributed by atoms with van der Waals surface area (Å²) in [7, 11) is -4.78. The summed E-state index contributed by atoms with van der Waals surface area (Å²) in [5.41, 5.74) is 0. The fourth-order valence-corrected chi connectivity index (χ4v) is 8.92. The van der Waals surface area contributed by atoms with E-state index in [0.29, 0.717) is 19.3 Å². The molecule has 0 aromatic heterocycles. The Kier molecular flexibility index (Phi) is 57.8. The lowest BCUT2D eigenvalue weighted by atomic mass is 10.1. The van der Waals surface area contributed by atoms with Crippen LogP contribution in [0.3, 0.4) is 0 Å². The summed E-state index contributed by atoms with van der Waals surface area (Å²) in [6.07, 6.45) is 75.8. The molecule has 0 aromatic carbocycles. The van der Waals surface area contributed by atoms with E-state index in [0.717, 1.165) is 135 Å². The van der Waals surface area contributed by atoms with Gasteiger partial charge in [-0.1, -0.05) is 226 Å². The highest BCUT2D eigenvalue weighted by Crippen LogP contribution is 2.43. The second-order valence-electron chi connectivity index (χ2n) is 20.5. The molecule has 0 bridgehead atoms. The van der Waals surface area contributed by atoms with E-state index in [2.05, 4.69) is 142 Å². The first-order chi connectivity index (χ1) is 39.2. The molecule has 0 saturated heterocycles. The molecule has 0 spiro atoms. The first kappa shape index (κ1) is 75.9. The normalized spacial score (nSPS) is 14.1. The lowest BCUT2D eigenvalue weighted by Gasteiger charge is -2.21. The fourth-order valence-electron chi connectivity index (χ4n) is 8.13. The van der Waals surface area contributed by atoms with Crippen LogP contribution in [0, 0.1) is 0 Å². The molecule has 0 aliphatic rings. The molecule has 12 heteroatoms. The third-order valence-corrected chi connectivity index (χ3v) is 13.8. The molecule has 3 atom stereocenters. The Labute approximate surface area is 487 Å². The number of phosphoric acid groups is 1. The van der Waals surface area contributed by atoms with Crippen LogP contribution >= 0.6 is 7.82 Å². The van der Waals surface area contributed by atoms with Crippen molar-refractivity contribution in [2.75, 3.05) is 26.4 Å². The summed E-state index contributed by atoms with van der Waals surface area (Å²) in [5.74, 6) is -1.53. The number of aliphatic hydroxyl groups is 1. The van der Waals surface area contributed by atoms with Crippen molar-refractivity contribution >= 4 is 25.7 Å². The maximum absolute atomic E-state index is 13.0. The smallest absolute Gasteiger partial charge is 0.462 e. The van der Waals surface area contributed by atoms with Crippen molar-refractivity contribution < 1.29 is 52.2 Å². The van der Waals surface area contributed by atoms with Gasteiger partial charge in [-0.2, -0.15) is 0 Å². The number of hydrogen-bond donors (Lipinski definition) is 2. The van der Waals surface area contributed by atoms with Crippen molar-refractivity contribution in [1.82, 2.24) is 0 Å². The SMILES string of the molecule is CC/C=C\C/C=C\C/C=C\C/C=C\CCCCCCCCC(=O)OC(COC(=O)CCCCCCCCCCC/C=C\C/C=C\CCCCC)COP(=O)(O)OCC(CO)OC(=O)CCCC/C=C\C/C=C\C/C=C\C/C=C\CC. The van der Waals surface area contributed by atoms with Crippen molar-refractivity contribution in [1.29, 1.82) is 0 Å². The number of carbonyl (C=O) groups excluding carboxylic acids is 3. The number of esters is 3. The lowest BCUT2D eigenvalue weighted by Crippen LogP contribution is -2.30. The molecule has 0 fully saturated rings. The first-order valence-corrected chi connectivity index (χ1v) is 32.9. The molecule has 0 amide bonds. The number of unbranched alkanes of at least 4 members (excludes halogenated alkanes) is 20. The molecule has 0 radical (unpaired) electrons. The van der Waals surface area contributed by atoms with Gasteiger partial charge in [-0.05, 0) is 128 Å². The summed E-state index contributed by atoms with van der Waals surface area (Å²) in [6, 6.07) is 0. The van der Waals surface area contributed by atoms with Crippen LogP contribution in [-0.4, -0.2) is 66.5 Å². The quantitative estimate of drug-likeness (QED) is 0.0197. The minimum absolute atomic E-state index is 0.118. The van der Waals surface area contributed by atoms with Gasteiger partial charge in [-0.15, -0.1) is 0 Å². The van der Waals surface area contributed by atoms with Crippen LogP contribution < -0.4 is 0 Å². The fraction of sp³-hybridized carbons (Fsp3) is 0.662. The van der Waals surface area contributed by atoms with E-state index in [4.69, 9.17) is 23.3 Å². The van der Waals surface area contributed by atoms with Gasteiger partial charge in [-0.25, -0.2) is 4.57 Å². The zero-order valence-electron chi connectivity index (χ0n) is 50.5. The van der Waals surface area contributed by atoms with Gasteiger partial charge in [0.2, 0.25) is 0 Å². The van der Waals surface area contributed by atoms with Gasteiger partial charge in [0.15, 0.2) is 6.10 Å². The van der Waals surface area contributed by atoms with E-state index in [1.807, 2.05) is 0 Å². The molecular formula is C68H113O11P. The van der Waals surface area contributed by atoms with E-state index in [-0.39, 0.29) is 25.9 Å². The predicted octanol–water partition coefficient (Wildman–Crippen LogP) is 19.1. The molecule has 0 aliphatic carbocycles. The highest BCUT2D eigenvalue weighted by atomic mass is 31.2. The molecule has 11 nitrogen and oxygen atoms in total. The Hall–Kier alpha value is -4.12. The Morgan fingerprint density at radius 3 is 1.02 bits per heavy atom. The number of ether oxygens (including phenoxy) is 3. The number of allylic oxidation sites excluding steroid dienone is 20. The molecule has 0 saturated carbocycles. The van der Waals surface area contributed by atoms with Crippen molar-refractivity contribution in [3.63, 3.8) is 0 Å². The van der Waals surface area contributed by atoms with Crippen LogP contribution in [0.15, 0.2) is 122 Å². The average molecular weight is 1140 g/mol. The van der Waals surface area contributed by atoms with E-state index >= 15 is 0 Å². The molecule has 0 aliphatic heterocycles. The minimum atomic E-state index is -4.78. The Morgan fingerprint density at radius 1 is 0.362 bits per heavy atom. The molecule has 0 heterocycles. The maximum atomic E-state index is 13.0. The van der Waals surface area contributed by atoms with Gasteiger partial charge >= 0.3 is 25.7 Å². The number of phosphoric ester groups is 1. The topological polar surface area (TPSA) is 155 Å². The molecule has 3 unspecified atom stereocenters. The van der Waals surface area contributed by atoms with Gasteiger partial charge in [-0.3, -0.25) is 23.4 Å². The van der Waals surface area contributed by atoms with Crippen LogP contribution in [0.25, 0.3) is 0 Å². The Morgan fingerprint density at radius 2 is 0.650 bits per heavy atom. The van der Waals surface area contributed by atoms with Gasteiger partial charge < -0.3 is 24.2 Å². The molecule has 456 valence electrons. The standard InChI is InChI=1S/C68H113O11P/c1-4-7-10-13-16-19-22-25-28-30-32-34-37-39-42-45-48-51-54-57-66(70)75-61-65(79-68(72)59-56-53-50-47-44-41-38-35-33-31-29-26-23-20-17-14-11-8-5-2)63-77-80(73,74)76-62-64(60-69)78-67(71)58-55-52-49-46-43-40-36-27-24-21-18-15-12-9-6-3/h8-9,11-12,16-21,25-29,33,35-36,43,46,64-65,69H,4-7,10,13-15,22-24,30-32,34,37-42,44-45,47-63H2,1-3H3,(H,73,74)/b11-8-,12-9-,19-16-,20-17-,21-18-,28-25-,29-26-,35-33-,36-27-,46-43-. The molecule has 0 aromatic rings. The summed E-state index contributed by atoms with van der Waals surface area (Å²) >= 11 is 0. The highest BCUT2D eigenvalue weighted by molar-refractivity contribution is 7.47. The van der Waals surface area contributed by atoms with Crippen LogP contribution in [0.4, 0.5) is 0 Å². The summed E-state index contributed by atoms with van der Waals surface area (Å²) in [5, 5.41) is 9.83. The van der Waals surface area contributed by atoms with Crippen LogP contribution in [0.5, 0.6) is 0 Å². The number of carbonyl (C=O) groups is 3. The Balaban J connectivity index is 4.79. The Bertz CT molecular complexity index is 1800. The van der Waals surface area contributed by atoms with E-state index in [1.54, 1.807) is 0 Å². The summed E-state index contributed by atoms with van der Waals surface area (Å²) in [6.45, 7) is 4.33. The minimum Gasteiger partial charge on any atom is -0.462 e. The molecule has 0 rings (SSSR count). The molecular weight excluding hydrogens is 1020 g/mol. The van der Waals surface area contributed by atoms with Gasteiger partial charge in [0, 0.05) is 19.3 Å². The van der Waals surface area contributed by atoms with Crippen LogP contribution in [0.1, 0.15) is 252 Å². The zero-order chi connectivity index (χ0) is 58.3. The molecule has 2 N–H and O–H groups in total. The average Bonchev–Trinajstić information content (AvgIpc) is 3.45. The summed E-state index contributed by atoms with van der Waals surface area (Å²) in [4.78, 5) is 48.7. The highest BCUT2D eigenvalue weighted by Gasteiger charge is 2.28. The first-order valence-electron chi connectivity index (χ1n) is 31.4. The van der Waals surface area contributed by atoms with Crippen molar-refractivity contribution in [2.24, 2.45) is 0 Å². The van der Waals surface area contributed by atoms with Crippen LogP contribution in [0.2, 0.25) is 0 Å². The molecule has 80 heavy (non-hydrogen) atoms. The van der Waals surface area contributed by atoms with Gasteiger partial charge in [0.25, 0.3) is 0 Å².